The lowest BCUT2D eigenvalue weighted by atomic mass is 10.2. The van der Waals surface area contributed by atoms with Crippen LogP contribution in [0.15, 0.2) is 54.6 Å². The number of fused-ring (bicyclic) bond motifs is 1. The Morgan fingerprint density at radius 3 is 2.37 bits per heavy atom. The van der Waals surface area contributed by atoms with Gasteiger partial charge in [0.1, 0.15) is 17.3 Å². The molecule has 0 atom stereocenters. The Morgan fingerprint density at radius 1 is 0.926 bits per heavy atom. The predicted molar refractivity (Wildman–Crippen MR) is 104 cm³/mol. The van der Waals surface area contributed by atoms with Crippen molar-refractivity contribution in [3.63, 3.8) is 0 Å². The third-order valence-electron chi connectivity index (χ3n) is 4.18. The summed E-state index contributed by atoms with van der Waals surface area (Å²) in [5.41, 5.74) is 2.31. The maximum absolute atomic E-state index is 6.15. The summed E-state index contributed by atoms with van der Waals surface area (Å²) in [7, 11) is 1.65. The number of hydrogen-bond donors (Lipinski definition) is 0. The number of nitrogens with zero attached hydrogens (tertiary/aromatic N) is 4. The van der Waals surface area contributed by atoms with Gasteiger partial charge < -0.3 is 14.0 Å². The molecule has 0 fully saturated rings. The summed E-state index contributed by atoms with van der Waals surface area (Å²) in [6.07, 6.45) is 0. The largest absolute Gasteiger partial charge is 0.497 e. The molecule has 0 radical (unpaired) electrons. The number of imidazole rings is 1. The number of methoxy groups -OCH3 is 1. The summed E-state index contributed by atoms with van der Waals surface area (Å²) in [4.78, 5) is 13.2. The second-order valence-electron chi connectivity index (χ2n) is 5.98. The van der Waals surface area contributed by atoms with Crippen molar-refractivity contribution in [2.45, 2.75) is 13.5 Å². The number of rotatable bonds is 5. The molecule has 0 amide bonds. The minimum absolute atomic E-state index is 0.115. The van der Waals surface area contributed by atoms with E-state index in [1.807, 2.05) is 66.1 Å². The predicted octanol–water partition coefficient (Wildman–Crippen LogP) is 4.64. The zero-order chi connectivity index (χ0) is 18.8. The summed E-state index contributed by atoms with van der Waals surface area (Å²) in [5.74, 6) is 2.62. The van der Waals surface area contributed by atoms with Crippen LogP contribution in [-0.2, 0) is 6.54 Å². The highest BCUT2D eigenvalue weighted by atomic mass is 35.5. The molecule has 0 N–H and O–H groups in total. The fourth-order valence-corrected chi connectivity index (χ4v) is 2.99. The van der Waals surface area contributed by atoms with E-state index in [1.165, 1.54) is 0 Å². The van der Waals surface area contributed by atoms with Gasteiger partial charge in [0.15, 0.2) is 11.2 Å². The van der Waals surface area contributed by atoms with Gasteiger partial charge in [0.05, 0.1) is 13.7 Å². The highest BCUT2D eigenvalue weighted by molar-refractivity contribution is 6.28. The molecule has 4 aromatic rings. The van der Waals surface area contributed by atoms with Crippen molar-refractivity contribution in [3.05, 3.63) is 71.3 Å². The first-order valence-corrected chi connectivity index (χ1v) is 8.78. The second kappa shape index (κ2) is 7.25. The Morgan fingerprint density at radius 2 is 1.67 bits per heavy atom. The maximum atomic E-state index is 6.15. The van der Waals surface area contributed by atoms with E-state index in [-0.39, 0.29) is 5.28 Å². The minimum Gasteiger partial charge on any atom is -0.497 e. The van der Waals surface area contributed by atoms with Gasteiger partial charge in [-0.15, -0.1) is 0 Å². The van der Waals surface area contributed by atoms with Crippen LogP contribution in [0, 0.1) is 6.92 Å². The van der Waals surface area contributed by atoms with Crippen LogP contribution in [0.2, 0.25) is 5.28 Å². The third kappa shape index (κ3) is 3.57. The van der Waals surface area contributed by atoms with E-state index in [4.69, 9.17) is 21.1 Å². The Labute approximate surface area is 161 Å². The van der Waals surface area contributed by atoms with E-state index in [0.29, 0.717) is 29.3 Å². The highest BCUT2D eigenvalue weighted by Gasteiger charge is 2.17. The molecule has 7 heteroatoms. The van der Waals surface area contributed by atoms with Gasteiger partial charge in [-0.1, -0.05) is 30.3 Å². The van der Waals surface area contributed by atoms with E-state index in [9.17, 15) is 0 Å². The van der Waals surface area contributed by atoms with E-state index >= 15 is 0 Å². The lowest BCUT2D eigenvalue weighted by molar-refractivity contribution is 0.414. The summed E-state index contributed by atoms with van der Waals surface area (Å²) in [6, 6.07) is 17.3. The highest BCUT2D eigenvalue weighted by Crippen LogP contribution is 2.29. The van der Waals surface area contributed by atoms with Gasteiger partial charge in [-0.25, -0.2) is 4.98 Å². The molecule has 0 aliphatic carbocycles. The van der Waals surface area contributed by atoms with Crippen molar-refractivity contribution in [1.82, 2.24) is 19.5 Å². The number of aryl methyl sites for hydroxylation is 1. The topological polar surface area (TPSA) is 62.1 Å². The van der Waals surface area contributed by atoms with Crippen LogP contribution < -0.4 is 9.47 Å². The first-order chi connectivity index (χ1) is 13.1. The quantitative estimate of drug-likeness (QED) is 0.472. The zero-order valence-corrected chi connectivity index (χ0v) is 15.6. The molecule has 0 unspecified atom stereocenters. The van der Waals surface area contributed by atoms with Crippen LogP contribution in [0.3, 0.4) is 0 Å². The lowest BCUT2D eigenvalue weighted by Gasteiger charge is -2.08. The van der Waals surface area contributed by atoms with Crippen molar-refractivity contribution in [2.24, 2.45) is 0 Å². The first kappa shape index (κ1) is 17.3. The number of para-hydroxylation sites is 1. The van der Waals surface area contributed by atoms with Crippen molar-refractivity contribution < 1.29 is 9.47 Å². The molecule has 6 nitrogen and oxygen atoms in total. The number of hydrogen-bond acceptors (Lipinski definition) is 5. The Balaban J connectivity index is 1.74. The molecule has 136 valence electrons. The van der Waals surface area contributed by atoms with Crippen LogP contribution >= 0.6 is 11.6 Å². The van der Waals surface area contributed by atoms with Crippen LogP contribution in [-0.4, -0.2) is 26.6 Å². The van der Waals surface area contributed by atoms with Gasteiger partial charge in [0, 0.05) is 0 Å². The molecular formula is C20H17ClN4O2. The normalized spacial score (nSPS) is 10.9. The SMILES string of the molecule is COc1ccc(Cn2c(C)nc3c(Oc4ccccc4)nc(Cl)nc32)cc1. The van der Waals surface area contributed by atoms with Gasteiger partial charge >= 0.3 is 0 Å². The summed E-state index contributed by atoms with van der Waals surface area (Å²) >= 11 is 6.15. The van der Waals surface area contributed by atoms with Gasteiger partial charge in [0.2, 0.25) is 5.28 Å². The van der Waals surface area contributed by atoms with Crippen molar-refractivity contribution in [3.8, 4) is 17.4 Å². The maximum Gasteiger partial charge on any atom is 0.252 e. The average Bonchev–Trinajstić information content (AvgIpc) is 2.99. The van der Waals surface area contributed by atoms with Gasteiger partial charge in [0.25, 0.3) is 5.88 Å². The Kier molecular flexibility index (Phi) is 4.64. The molecule has 2 heterocycles. The zero-order valence-electron chi connectivity index (χ0n) is 14.9. The summed E-state index contributed by atoms with van der Waals surface area (Å²) in [5, 5.41) is 0.115. The lowest BCUT2D eigenvalue weighted by Crippen LogP contribution is -2.03. The molecule has 0 aliphatic heterocycles. The van der Waals surface area contributed by atoms with Gasteiger partial charge in [-0.05, 0) is 48.4 Å². The average molecular weight is 381 g/mol. The molecular weight excluding hydrogens is 364 g/mol. The van der Waals surface area contributed by atoms with Crippen LogP contribution in [0.4, 0.5) is 0 Å². The standard InChI is InChI=1S/C20H17ClN4O2/c1-13-22-17-18(25(13)12-14-8-10-15(26-2)11-9-14)23-20(21)24-19(17)27-16-6-4-3-5-7-16/h3-11H,12H2,1-2H3. The van der Waals surface area contributed by atoms with E-state index in [0.717, 1.165) is 17.1 Å². The number of halogens is 1. The van der Waals surface area contributed by atoms with E-state index < -0.39 is 0 Å². The van der Waals surface area contributed by atoms with Crippen molar-refractivity contribution in [2.75, 3.05) is 7.11 Å². The molecule has 0 aliphatic rings. The molecule has 27 heavy (non-hydrogen) atoms. The molecule has 0 bridgehead atoms. The number of ether oxygens (including phenoxy) is 2. The third-order valence-corrected chi connectivity index (χ3v) is 4.35. The first-order valence-electron chi connectivity index (χ1n) is 8.40. The fraction of sp³-hybridized carbons (Fsp3) is 0.150. The van der Waals surface area contributed by atoms with Gasteiger partial charge in [-0.3, -0.25) is 0 Å². The van der Waals surface area contributed by atoms with Crippen molar-refractivity contribution >= 4 is 22.8 Å². The number of benzene rings is 2. The Bertz CT molecular complexity index is 1080. The van der Waals surface area contributed by atoms with Crippen molar-refractivity contribution in [1.29, 1.82) is 0 Å². The monoisotopic (exact) mass is 380 g/mol. The molecule has 4 rings (SSSR count). The molecule has 2 aromatic heterocycles. The summed E-state index contributed by atoms with van der Waals surface area (Å²) in [6.45, 7) is 2.52. The second-order valence-corrected chi connectivity index (χ2v) is 6.32. The molecule has 0 spiro atoms. The minimum atomic E-state index is 0.115. The number of aromatic nitrogens is 4. The molecule has 0 saturated heterocycles. The smallest absolute Gasteiger partial charge is 0.252 e. The van der Waals surface area contributed by atoms with Crippen LogP contribution in [0.25, 0.3) is 11.2 Å². The molecule has 0 saturated carbocycles. The Hall–Kier alpha value is -3.12. The van der Waals surface area contributed by atoms with Crippen LogP contribution in [0.5, 0.6) is 17.4 Å². The fourth-order valence-electron chi connectivity index (χ4n) is 2.83. The van der Waals surface area contributed by atoms with Gasteiger partial charge in [-0.2, -0.15) is 9.97 Å². The summed E-state index contributed by atoms with van der Waals surface area (Å²) < 4.78 is 13.1. The molecule has 2 aromatic carbocycles. The van der Waals surface area contributed by atoms with E-state index in [2.05, 4.69) is 15.0 Å². The van der Waals surface area contributed by atoms with E-state index in [1.54, 1.807) is 7.11 Å². The van der Waals surface area contributed by atoms with Crippen LogP contribution in [0.1, 0.15) is 11.4 Å².